The van der Waals surface area contributed by atoms with Gasteiger partial charge in [-0.15, -0.1) is 0 Å². The molecular weight excluding hydrogens is 500 g/mol. The number of hydrogen-bond acceptors (Lipinski definition) is 4. The highest BCUT2D eigenvalue weighted by Gasteiger charge is 2.35. The first kappa shape index (κ1) is 25.3. The summed E-state index contributed by atoms with van der Waals surface area (Å²) in [7, 11) is 0. The number of aromatic nitrogens is 3. The first-order chi connectivity index (χ1) is 17.1. The Labute approximate surface area is 207 Å². The molecule has 4 rings (SSSR count). The zero-order valence-corrected chi connectivity index (χ0v) is 19.3. The van der Waals surface area contributed by atoms with E-state index in [2.05, 4.69) is 5.10 Å². The fourth-order valence-electron chi connectivity index (χ4n) is 3.80. The maximum Gasteiger partial charge on any atom is 0.416 e. The lowest BCUT2D eigenvalue weighted by Gasteiger charge is -2.17. The van der Waals surface area contributed by atoms with Crippen molar-refractivity contribution in [3.8, 4) is 5.69 Å². The molecule has 0 saturated heterocycles. The highest BCUT2D eigenvalue weighted by Crippen LogP contribution is 2.33. The van der Waals surface area contributed by atoms with E-state index < -0.39 is 52.5 Å². The molecule has 1 heterocycles. The Morgan fingerprint density at radius 1 is 0.944 bits per heavy atom. The molecule has 0 saturated carbocycles. The average Bonchev–Trinajstić information content (AvgIpc) is 2.84. The minimum absolute atomic E-state index is 0.00410. The normalized spacial score (nSPS) is 12.5. The van der Waals surface area contributed by atoms with Crippen LogP contribution in [0, 0.1) is 5.82 Å². The van der Waals surface area contributed by atoms with Gasteiger partial charge in [-0.3, -0.25) is 4.79 Å². The third-order valence-electron chi connectivity index (χ3n) is 5.56. The van der Waals surface area contributed by atoms with Crippen LogP contribution in [-0.2, 0) is 19.1 Å². The standard InChI is InChI=1S/C25H19ClF4N4O2/c26-18-10-4-5-12-22(18)34-23(35)21(13-16-17(25(28,29)30)9-6-11-19(16)27)32-33(24(34)36)14-20(31)15-7-2-1-3-8-15/h1-12,20H,13-14,31H2. The second-order valence-electron chi connectivity index (χ2n) is 7.96. The summed E-state index contributed by atoms with van der Waals surface area (Å²) in [6, 6.07) is 16.5. The SMILES string of the molecule is NC(Cn1nc(Cc2c(F)cccc2C(F)(F)F)c(=O)n(-c2ccccc2Cl)c1=O)c1ccccc1. The Morgan fingerprint density at radius 3 is 2.28 bits per heavy atom. The van der Waals surface area contributed by atoms with Gasteiger partial charge in [-0.1, -0.05) is 60.1 Å². The van der Waals surface area contributed by atoms with Crippen molar-refractivity contribution in [1.82, 2.24) is 14.3 Å². The highest BCUT2D eigenvalue weighted by molar-refractivity contribution is 6.32. The predicted octanol–water partition coefficient (Wildman–Crippen LogP) is 4.50. The maximum absolute atomic E-state index is 14.6. The average molecular weight is 519 g/mol. The minimum atomic E-state index is -4.87. The molecular formula is C25H19ClF4N4O2. The molecule has 0 aliphatic heterocycles. The number of nitrogens with zero attached hydrogens (tertiary/aromatic N) is 3. The van der Waals surface area contributed by atoms with E-state index in [0.29, 0.717) is 16.2 Å². The molecule has 2 N–H and O–H groups in total. The van der Waals surface area contributed by atoms with Gasteiger partial charge >= 0.3 is 11.9 Å². The zero-order valence-electron chi connectivity index (χ0n) is 18.5. The Bertz CT molecular complexity index is 1520. The molecule has 0 aliphatic carbocycles. The van der Waals surface area contributed by atoms with Gasteiger partial charge in [0.05, 0.1) is 22.8 Å². The monoisotopic (exact) mass is 518 g/mol. The van der Waals surface area contributed by atoms with Gasteiger partial charge in [0.1, 0.15) is 11.5 Å². The van der Waals surface area contributed by atoms with Crippen LogP contribution in [0.5, 0.6) is 0 Å². The van der Waals surface area contributed by atoms with E-state index in [1.165, 1.54) is 18.2 Å². The van der Waals surface area contributed by atoms with Crippen molar-refractivity contribution >= 4 is 11.6 Å². The highest BCUT2D eigenvalue weighted by atomic mass is 35.5. The van der Waals surface area contributed by atoms with Crippen molar-refractivity contribution in [2.75, 3.05) is 0 Å². The van der Waals surface area contributed by atoms with Crippen LogP contribution < -0.4 is 17.0 Å². The van der Waals surface area contributed by atoms with E-state index in [0.717, 1.165) is 16.8 Å². The quantitative estimate of drug-likeness (QED) is 0.381. The topological polar surface area (TPSA) is 82.9 Å². The third kappa shape index (κ3) is 5.09. The van der Waals surface area contributed by atoms with Crippen LogP contribution in [0.1, 0.15) is 28.4 Å². The number of alkyl halides is 3. The molecule has 0 amide bonds. The summed E-state index contributed by atoms with van der Waals surface area (Å²) in [6.07, 6.45) is -5.69. The number of para-hydroxylation sites is 1. The van der Waals surface area contributed by atoms with E-state index in [1.54, 1.807) is 36.4 Å². The maximum atomic E-state index is 14.6. The molecule has 0 fully saturated rings. The van der Waals surface area contributed by atoms with Gasteiger partial charge in [0.15, 0.2) is 0 Å². The molecule has 0 aliphatic rings. The molecule has 0 bridgehead atoms. The predicted molar refractivity (Wildman–Crippen MR) is 127 cm³/mol. The van der Waals surface area contributed by atoms with E-state index in [-0.39, 0.29) is 17.3 Å². The van der Waals surface area contributed by atoms with E-state index in [9.17, 15) is 27.2 Å². The number of hydrogen-bond donors (Lipinski definition) is 1. The second kappa shape index (κ2) is 10.1. The fraction of sp³-hybridized carbons (Fsp3) is 0.160. The first-order valence-electron chi connectivity index (χ1n) is 10.7. The van der Waals surface area contributed by atoms with Crippen LogP contribution in [0.3, 0.4) is 0 Å². The largest absolute Gasteiger partial charge is 0.416 e. The molecule has 0 spiro atoms. The molecule has 1 unspecified atom stereocenters. The third-order valence-corrected chi connectivity index (χ3v) is 5.88. The summed E-state index contributed by atoms with van der Waals surface area (Å²) in [5.74, 6) is -1.16. The molecule has 0 radical (unpaired) electrons. The van der Waals surface area contributed by atoms with Gasteiger partial charge in [-0.05, 0) is 29.8 Å². The van der Waals surface area contributed by atoms with E-state index >= 15 is 0 Å². The summed E-state index contributed by atoms with van der Waals surface area (Å²) in [6.45, 7) is -0.204. The zero-order chi connectivity index (χ0) is 26.0. The Morgan fingerprint density at radius 2 is 1.61 bits per heavy atom. The van der Waals surface area contributed by atoms with Crippen LogP contribution in [0.25, 0.3) is 5.69 Å². The molecule has 186 valence electrons. The van der Waals surface area contributed by atoms with Crippen molar-refractivity contribution in [3.63, 3.8) is 0 Å². The number of benzene rings is 3. The summed E-state index contributed by atoms with van der Waals surface area (Å²) in [4.78, 5) is 26.6. The first-order valence-corrected chi connectivity index (χ1v) is 11.1. The fourth-order valence-corrected chi connectivity index (χ4v) is 4.02. The van der Waals surface area contributed by atoms with Crippen LogP contribution in [0.2, 0.25) is 5.02 Å². The lowest BCUT2D eigenvalue weighted by atomic mass is 10.0. The molecule has 1 atom stereocenters. The smallest absolute Gasteiger partial charge is 0.322 e. The van der Waals surface area contributed by atoms with Gasteiger partial charge in [-0.25, -0.2) is 18.4 Å². The Kier molecular flexibility index (Phi) is 7.09. The Balaban J connectivity index is 1.91. The number of nitrogens with two attached hydrogens (primary N) is 1. The summed E-state index contributed by atoms with van der Waals surface area (Å²) in [5.41, 5.74) is 2.50. The summed E-state index contributed by atoms with van der Waals surface area (Å²) < 4.78 is 56.9. The van der Waals surface area contributed by atoms with Crippen LogP contribution in [0.4, 0.5) is 17.6 Å². The molecule has 11 heteroatoms. The van der Waals surface area contributed by atoms with Gasteiger partial charge in [0.25, 0.3) is 5.56 Å². The molecule has 4 aromatic rings. The van der Waals surface area contributed by atoms with Gasteiger partial charge in [-0.2, -0.15) is 18.3 Å². The molecule has 1 aromatic heterocycles. The van der Waals surface area contributed by atoms with Gasteiger partial charge in [0, 0.05) is 18.0 Å². The molecule has 3 aromatic carbocycles. The lowest BCUT2D eigenvalue weighted by Crippen LogP contribution is -2.44. The summed E-state index contributed by atoms with van der Waals surface area (Å²) >= 11 is 6.22. The van der Waals surface area contributed by atoms with E-state index in [1.807, 2.05) is 0 Å². The lowest BCUT2D eigenvalue weighted by molar-refractivity contribution is -0.138. The van der Waals surface area contributed by atoms with Crippen molar-refractivity contribution in [3.05, 3.63) is 127 Å². The number of halogens is 5. The molecule has 36 heavy (non-hydrogen) atoms. The van der Waals surface area contributed by atoms with Crippen molar-refractivity contribution < 1.29 is 17.6 Å². The van der Waals surface area contributed by atoms with Crippen LogP contribution in [0.15, 0.2) is 82.4 Å². The second-order valence-corrected chi connectivity index (χ2v) is 8.37. The van der Waals surface area contributed by atoms with E-state index in [4.69, 9.17) is 17.3 Å². The van der Waals surface area contributed by atoms with Crippen LogP contribution in [-0.4, -0.2) is 14.3 Å². The van der Waals surface area contributed by atoms with Crippen molar-refractivity contribution in [2.45, 2.75) is 25.2 Å². The number of rotatable bonds is 6. The van der Waals surface area contributed by atoms with Gasteiger partial charge in [0.2, 0.25) is 0 Å². The van der Waals surface area contributed by atoms with Crippen LogP contribution >= 0.6 is 11.6 Å². The van der Waals surface area contributed by atoms with Crippen molar-refractivity contribution in [2.24, 2.45) is 5.73 Å². The van der Waals surface area contributed by atoms with Crippen molar-refractivity contribution in [1.29, 1.82) is 0 Å². The van der Waals surface area contributed by atoms with Gasteiger partial charge < -0.3 is 5.73 Å². The molecule has 6 nitrogen and oxygen atoms in total. The summed E-state index contributed by atoms with van der Waals surface area (Å²) in [5, 5.41) is 4.08. The minimum Gasteiger partial charge on any atom is -0.322 e. The Hall–Kier alpha value is -3.76.